The molecule has 1 spiro atoms. The highest BCUT2D eigenvalue weighted by Gasteiger charge is 2.78. The van der Waals surface area contributed by atoms with E-state index in [0.717, 1.165) is 12.0 Å². The molecule has 8 nitrogen and oxygen atoms in total. The maximum Gasteiger partial charge on any atom is 0.249 e. The van der Waals surface area contributed by atoms with Gasteiger partial charge in [0.05, 0.1) is 17.4 Å². The normalized spacial score (nSPS) is 28.1. The number of rotatable bonds is 13. The molecule has 3 fully saturated rings. The highest BCUT2D eigenvalue weighted by atomic mass is 16.5. The molecule has 0 aliphatic carbocycles. The third-order valence-corrected chi connectivity index (χ3v) is 9.48. The van der Waals surface area contributed by atoms with Gasteiger partial charge in [0.15, 0.2) is 0 Å². The van der Waals surface area contributed by atoms with Crippen LogP contribution in [0.4, 0.5) is 0 Å². The molecule has 236 valence electrons. The minimum absolute atomic E-state index is 0.0488. The van der Waals surface area contributed by atoms with Crippen LogP contribution in [0.5, 0.6) is 0 Å². The number of hydrogen-bond donors (Lipinski definition) is 1. The van der Waals surface area contributed by atoms with Gasteiger partial charge in [0.1, 0.15) is 11.6 Å². The van der Waals surface area contributed by atoms with Crippen molar-refractivity contribution >= 4 is 17.7 Å². The lowest BCUT2D eigenvalue weighted by atomic mass is 9.66. The van der Waals surface area contributed by atoms with E-state index in [1.54, 1.807) is 22.0 Å². The Morgan fingerprint density at radius 2 is 1.72 bits per heavy atom. The number of hydrogen-bond acceptors (Lipinski definition) is 5. The van der Waals surface area contributed by atoms with Crippen LogP contribution in [0.25, 0.3) is 0 Å². The highest BCUT2D eigenvalue weighted by Crippen LogP contribution is 2.63. The van der Waals surface area contributed by atoms with E-state index in [0.29, 0.717) is 38.9 Å². The van der Waals surface area contributed by atoms with Crippen molar-refractivity contribution in [2.75, 3.05) is 26.2 Å². The number of fused-ring (bicyclic) bond motifs is 1. The number of aliphatic hydroxyl groups excluding tert-OH is 1. The zero-order valence-corrected chi connectivity index (χ0v) is 27.0. The molecule has 3 saturated heterocycles. The van der Waals surface area contributed by atoms with Crippen molar-refractivity contribution < 1.29 is 24.2 Å². The Bertz CT molecular complexity index is 1220. The van der Waals surface area contributed by atoms with Gasteiger partial charge in [0.2, 0.25) is 17.7 Å². The zero-order chi connectivity index (χ0) is 31.8. The maximum absolute atomic E-state index is 14.8. The largest absolute Gasteiger partial charge is 0.396 e. The fourth-order valence-corrected chi connectivity index (χ4v) is 8.26. The van der Waals surface area contributed by atoms with Crippen LogP contribution in [0, 0.1) is 17.3 Å². The Balaban J connectivity index is 1.77. The summed E-state index contributed by atoms with van der Waals surface area (Å²) in [6.45, 7) is 21.4. The molecule has 8 heteroatoms. The summed E-state index contributed by atoms with van der Waals surface area (Å²) in [7, 11) is 0. The molecular formula is C35H51N3O5. The molecule has 3 aliphatic rings. The predicted molar refractivity (Wildman–Crippen MR) is 168 cm³/mol. The first-order valence-corrected chi connectivity index (χ1v) is 15.6. The van der Waals surface area contributed by atoms with E-state index < -0.39 is 34.6 Å². The Morgan fingerprint density at radius 1 is 1.07 bits per heavy atom. The van der Waals surface area contributed by atoms with Crippen LogP contribution in [-0.2, 0) is 25.7 Å². The lowest BCUT2D eigenvalue weighted by Crippen LogP contribution is -2.61. The van der Waals surface area contributed by atoms with E-state index in [1.165, 1.54) is 0 Å². The number of nitrogens with zero attached hydrogens (tertiary/aromatic N) is 3. The van der Waals surface area contributed by atoms with Crippen molar-refractivity contribution in [3.63, 3.8) is 0 Å². The van der Waals surface area contributed by atoms with Gasteiger partial charge in [0.25, 0.3) is 0 Å². The van der Waals surface area contributed by atoms with Gasteiger partial charge in [-0.15, -0.1) is 13.2 Å². The molecule has 0 saturated carbocycles. The smallest absolute Gasteiger partial charge is 0.249 e. The average Bonchev–Trinajstić information content (AvgIpc) is 3.49. The second kappa shape index (κ2) is 12.2. The first-order chi connectivity index (χ1) is 20.2. The molecular weight excluding hydrogens is 542 g/mol. The van der Waals surface area contributed by atoms with E-state index in [-0.39, 0.29) is 36.3 Å². The van der Waals surface area contributed by atoms with E-state index in [1.807, 2.05) is 42.2 Å². The van der Waals surface area contributed by atoms with Crippen LogP contribution in [0.15, 0.2) is 55.6 Å². The lowest BCUT2D eigenvalue weighted by Gasteiger charge is -2.45. The molecule has 3 amide bonds. The van der Waals surface area contributed by atoms with Gasteiger partial charge in [-0.2, -0.15) is 0 Å². The lowest BCUT2D eigenvalue weighted by molar-refractivity contribution is -0.157. The van der Waals surface area contributed by atoms with Crippen molar-refractivity contribution in [3.8, 4) is 0 Å². The van der Waals surface area contributed by atoms with Crippen LogP contribution in [0.3, 0.4) is 0 Å². The van der Waals surface area contributed by atoms with Gasteiger partial charge >= 0.3 is 0 Å². The average molecular weight is 594 g/mol. The van der Waals surface area contributed by atoms with Crippen LogP contribution in [0.2, 0.25) is 0 Å². The van der Waals surface area contributed by atoms with Gasteiger partial charge in [0, 0.05) is 38.3 Å². The molecule has 4 rings (SSSR count). The summed E-state index contributed by atoms with van der Waals surface area (Å²) in [6.07, 6.45) is 5.58. The molecule has 3 heterocycles. The second-order valence-corrected chi connectivity index (χ2v) is 14.6. The second-order valence-electron chi connectivity index (χ2n) is 14.6. The minimum Gasteiger partial charge on any atom is -0.396 e. The highest BCUT2D eigenvalue weighted by molar-refractivity contribution is 5.99. The Kier molecular flexibility index (Phi) is 9.34. The predicted octanol–water partition coefficient (Wildman–Crippen LogP) is 4.58. The third-order valence-electron chi connectivity index (χ3n) is 9.48. The minimum atomic E-state index is -1.12. The molecule has 1 N–H and O–H groups in total. The first-order valence-electron chi connectivity index (χ1n) is 15.6. The summed E-state index contributed by atoms with van der Waals surface area (Å²) in [5, 5.41) is 9.73. The number of carbonyl (C=O) groups excluding carboxylic acids is 3. The fourth-order valence-electron chi connectivity index (χ4n) is 8.26. The summed E-state index contributed by atoms with van der Waals surface area (Å²) < 4.78 is 6.87. The van der Waals surface area contributed by atoms with Crippen LogP contribution >= 0.6 is 0 Å². The monoisotopic (exact) mass is 593 g/mol. The molecule has 3 aliphatic heterocycles. The van der Waals surface area contributed by atoms with Gasteiger partial charge < -0.3 is 24.5 Å². The van der Waals surface area contributed by atoms with Gasteiger partial charge in [-0.25, -0.2) is 0 Å². The molecule has 43 heavy (non-hydrogen) atoms. The van der Waals surface area contributed by atoms with Crippen molar-refractivity contribution in [1.82, 2.24) is 14.7 Å². The molecule has 2 unspecified atom stereocenters. The van der Waals surface area contributed by atoms with Crippen LogP contribution in [-0.4, -0.2) is 86.6 Å². The SMILES string of the molecule is C=CCN(Cc1ccccc1)C(=O)[C@H]1[C@H]2C(=O)N(CCCO)C(C(=O)N(CC=C)C(C)(C)CC(C)(C)C)C23CC[C@]1(C)O3. The van der Waals surface area contributed by atoms with Gasteiger partial charge in [-0.05, 0) is 57.4 Å². The van der Waals surface area contributed by atoms with Crippen molar-refractivity contribution in [2.45, 2.75) is 96.6 Å². The van der Waals surface area contributed by atoms with E-state index in [4.69, 9.17) is 4.74 Å². The number of likely N-dealkylation sites (tertiary alicyclic amines) is 1. The molecule has 1 aromatic carbocycles. The first kappa shape index (κ1) is 32.9. The van der Waals surface area contributed by atoms with Crippen LogP contribution in [0.1, 0.15) is 72.8 Å². The Labute approximate surface area is 257 Å². The topological polar surface area (TPSA) is 90.4 Å². The van der Waals surface area contributed by atoms with Crippen molar-refractivity contribution in [3.05, 3.63) is 61.2 Å². The number of ether oxygens (including phenoxy) is 1. The van der Waals surface area contributed by atoms with Gasteiger partial charge in [-0.1, -0.05) is 63.3 Å². The molecule has 1 aromatic rings. The quantitative estimate of drug-likeness (QED) is 0.338. The van der Waals surface area contributed by atoms with E-state index in [9.17, 15) is 19.5 Å². The van der Waals surface area contributed by atoms with Crippen LogP contribution < -0.4 is 0 Å². The summed E-state index contributed by atoms with van der Waals surface area (Å²) in [5.41, 5.74) is -1.59. The summed E-state index contributed by atoms with van der Waals surface area (Å²) in [4.78, 5) is 48.9. The summed E-state index contributed by atoms with van der Waals surface area (Å²) >= 11 is 0. The summed E-state index contributed by atoms with van der Waals surface area (Å²) in [5.74, 6) is -2.10. The Morgan fingerprint density at radius 3 is 2.30 bits per heavy atom. The molecule has 5 atom stereocenters. The maximum atomic E-state index is 14.8. The van der Waals surface area contributed by atoms with E-state index in [2.05, 4.69) is 47.8 Å². The third kappa shape index (κ3) is 6.05. The number of amides is 3. The number of aliphatic hydroxyl groups is 1. The number of carbonyl (C=O) groups is 3. The zero-order valence-electron chi connectivity index (χ0n) is 27.0. The van der Waals surface area contributed by atoms with E-state index >= 15 is 0 Å². The molecule has 0 radical (unpaired) electrons. The molecule has 0 aromatic heterocycles. The van der Waals surface area contributed by atoms with Crippen molar-refractivity contribution in [1.29, 1.82) is 0 Å². The number of benzene rings is 1. The van der Waals surface area contributed by atoms with Gasteiger partial charge in [-0.3, -0.25) is 14.4 Å². The Hall–Kier alpha value is -2.97. The standard InChI is InChI=1S/C35H51N3O5/c1-9-19-36(23-25-15-12-11-13-16-25)29(40)26-27-30(41)37(21-14-22-39)28(35(27)18-17-34(26,8)43-35)31(42)38(20-10-2)33(6,7)24-32(3,4)5/h9-13,15-16,26-28,39H,1-2,14,17-24H2,3-8H3/t26-,27+,28?,34+,35?/m1/s1. The summed E-state index contributed by atoms with van der Waals surface area (Å²) in [6, 6.07) is 8.87. The molecule has 2 bridgehead atoms. The van der Waals surface area contributed by atoms with Crippen molar-refractivity contribution in [2.24, 2.45) is 17.3 Å². The fraction of sp³-hybridized carbons (Fsp3) is 0.629.